The van der Waals surface area contributed by atoms with E-state index >= 15 is 0 Å². The number of carbonyl (C=O) groups is 1. The molecule has 2 rings (SSSR count). The van der Waals surface area contributed by atoms with Gasteiger partial charge in [-0.1, -0.05) is 15.9 Å². The molecule has 0 fully saturated rings. The van der Waals surface area contributed by atoms with E-state index in [1.165, 1.54) is 18.2 Å². The van der Waals surface area contributed by atoms with Gasteiger partial charge in [-0.2, -0.15) is 0 Å². The van der Waals surface area contributed by atoms with Crippen LogP contribution in [-0.2, 0) is 0 Å². The Balaban J connectivity index is 2.24. The van der Waals surface area contributed by atoms with Crippen LogP contribution in [0.5, 0.6) is 0 Å². The number of hydrogen-bond acceptors (Lipinski definition) is 3. The molecule has 0 aliphatic heterocycles. The van der Waals surface area contributed by atoms with Gasteiger partial charge in [0.2, 0.25) is 0 Å². The topological polar surface area (TPSA) is 72.2 Å². The number of nitrogens with zero attached hydrogens (tertiary/aromatic N) is 1. The average molecular weight is 461 g/mol. The average Bonchev–Trinajstić information content (AvgIpc) is 2.41. The van der Waals surface area contributed by atoms with Crippen LogP contribution in [0.2, 0.25) is 0 Å². The van der Waals surface area contributed by atoms with Crippen molar-refractivity contribution in [1.29, 1.82) is 0 Å². The zero-order valence-corrected chi connectivity index (χ0v) is 14.6. The van der Waals surface area contributed by atoms with E-state index in [0.717, 1.165) is 8.04 Å². The summed E-state index contributed by atoms with van der Waals surface area (Å²) in [7, 11) is 0. The van der Waals surface area contributed by atoms with Gasteiger partial charge in [0.25, 0.3) is 11.6 Å². The van der Waals surface area contributed by atoms with Gasteiger partial charge in [0.05, 0.1) is 10.6 Å². The van der Waals surface area contributed by atoms with E-state index in [2.05, 4.69) is 43.8 Å². The largest absolute Gasteiger partial charge is 0.321 e. The van der Waals surface area contributed by atoms with E-state index in [-0.39, 0.29) is 11.6 Å². The second kappa shape index (κ2) is 6.52. The van der Waals surface area contributed by atoms with Gasteiger partial charge in [0.1, 0.15) is 0 Å². The lowest BCUT2D eigenvalue weighted by Crippen LogP contribution is -2.13. The number of benzene rings is 2. The van der Waals surface area contributed by atoms with Gasteiger partial charge >= 0.3 is 0 Å². The zero-order chi connectivity index (χ0) is 15.6. The molecule has 0 saturated heterocycles. The van der Waals surface area contributed by atoms with Crippen molar-refractivity contribution in [1.82, 2.24) is 0 Å². The summed E-state index contributed by atoms with van der Waals surface area (Å²) in [6.45, 7) is 1.61. The second-order valence-electron chi connectivity index (χ2n) is 4.34. The van der Waals surface area contributed by atoms with Gasteiger partial charge in [0, 0.05) is 25.2 Å². The second-order valence-corrected chi connectivity index (χ2v) is 6.41. The minimum Gasteiger partial charge on any atom is -0.321 e. The molecule has 0 radical (unpaired) electrons. The lowest BCUT2D eigenvalue weighted by molar-refractivity contribution is -0.385. The molecule has 0 saturated carbocycles. The number of anilines is 1. The van der Waals surface area contributed by atoms with Crippen LogP contribution < -0.4 is 5.32 Å². The SMILES string of the molecule is Cc1cc(C(=O)Nc2ccc(Br)cc2I)ccc1[N+](=O)[O-]. The van der Waals surface area contributed by atoms with Gasteiger partial charge in [-0.05, 0) is 59.8 Å². The summed E-state index contributed by atoms with van der Waals surface area (Å²) in [4.78, 5) is 22.5. The summed E-state index contributed by atoms with van der Waals surface area (Å²) in [6.07, 6.45) is 0. The van der Waals surface area contributed by atoms with Crippen LogP contribution in [0, 0.1) is 20.6 Å². The molecule has 0 unspecified atom stereocenters. The van der Waals surface area contributed by atoms with E-state index in [1.807, 2.05) is 12.1 Å². The first-order chi connectivity index (χ1) is 9.88. The Morgan fingerprint density at radius 2 is 2.00 bits per heavy atom. The zero-order valence-electron chi connectivity index (χ0n) is 10.9. The number of hydrogen-bond donors (Lipinski definition) is 1. The lowest BCUT2D eigenvalue weighted by Gasteiger charge is -2.08. The number of halogens is 2. The molecule has 7 heteroatoms. The standard InChI is InChI=1S/C14H10BrIN2O3/c1-8-6-9(2-5-13(8)18(20)21)14(19)17-12-4-3-10(15)7-11(12)16/h2-7H,1H3,(H,17,19). The first-order valence-electron chi connectivity index (χ1n) is 5.90. The molecular formula is C14H10BrIN2O3. The van der Waals surface area contributed by atoms with Crippen LogP contribution in [0.15, 0.2) is 40.9 Å². The Morgan fingerprint density at radius 3 is 2.57 bits per heavy atom. The molecule has 21 heavy (non-hydrogen) atoms. The van der Waals surface area contributed by atoms with Crippen molar-refractivity contribution in [2.45, 2.75) is 6.92 Å². The fourth-order valence-corrected chi connectivity index (χ4v) is 3.23. The summed E-state index contributed by atoms with van der Waals surface area (Å²) < 4.78 is 1.82. The smallest absolute Gasteiger partial charge is 0.272 e. The predicted octanol–water partition coefficient (Wildman–Crippen LogP) is 4.52. The van der Waals surface area contributed by atoms with E-state index < -0.39 is 4.92 Å². The van der Waals surface area contributed by atoms with Crippen molar-refractivity contribution >= 4 is 55.8 Å². The Labute approximate surface area is 143 Å². The molecule has 2 aromatic carbocycles. The summed E-state index contributed by atoms with van der Waals surface area (Å²) in [5.41, 5.74) is 1.54. The van der Waals surface area contributed by atoms with Crippen molar-refractivity contribution < 1.29 is 9.72 Å². The molecule has 0 spiro atoms. The Morgan fingerprint density at radius 1 is 1.29 bits per heavy atom. The highest BCUT2D eigenvalue weighted by atomic mass is 127. The lowest BCUT2D eigenvalue weighted by atomic mass is 10.1. The van der Waals surface area contributed by atoms with Crippen LogP contribution in [0.3, 0.4) is 0 Å². The van der Waals surface area contributed by atoms with Crippen LogP contribution in [-0.4, -0.2) is 10.8 Å². The molecule has 0 aromatic heterocycles. The number of aryl methyl sites for hydroxylation is 1. The van der Waals surface area contributed by atoms with Gasteiger partial charge in [-0.15, -0.1) is 0 Å². The summed E-state index contributed by atoms with van der Waals surface area (Å²) in [5, 5.41) is 13.6. The molecule has 1 amide bonds. The number of rotatable bonds is 3. The number of nitrogens with one attached hydrogen (secondary N) is 1. The van der Waals surface area contributed by atoms with E-state index in [9.17, 15) is 14.9 Å². The normalized spacial score (nSPS) is 10.2. The monoisotopic (exact) mass is 460 g/mol. The molecular weight excluding hydrogens is 451 g/mol. The van der Waals surface area contributed by atoms with Crippen LogP contribution >= 0.6 is 38.5 Å². The van der Waals surface area contributed by atoms with Crippen molar-refractivity contribution in [2.24, 2.45) is 0 Å². The number of amides is 1. The van der Waals surface area contributed by atoms with Crippen LogP contribution in [0.25, 0.3) is 0 Å². The highest BCUT2D eigenvalue weighted by molar-refractivity contribution is 14.1. The highest BCUT2D eigenvalue weighted by Crippen LogP contribution is 2.24. The first-order valence-corrected chi connectivity index (χ1v) is 7.77. The maximum Gasteiger partial charge on any atom is 0.272 e. The van der Waals surface area contributed by atoms with Crippen LogP contribution in [0.1, 0.15) is 15.9 Å². The number of carbonyl (C=O) groups excluding carboxylic acids is 1. The van der Waals surface area contributed by atoms with Gasteiger partial charge < -0.3 is 5.32 Å². The van der Waals surface area contributed by atoms with E-state index in [0.29, 0.717) is 16.8 Å². The van der Waals surface area contributed by atoms with Gasteiger partial charge in [0.15, 0.2) is 0 Å². The summed E-state index contributed by atoms with van der Waals surface area (Å²) in [6, 6.07) is 9.82. The highest BCUT2D eigenvalue weighted by Gasteiger charge is 2.14. The molecule has 5 nitrogen and oxygen atoms in total. The minimum atomic E-state index is -0.464. The fraction of sp³-hybridized carbons (Fsp3) is 0.0714. The van der Waals surface area contributed by atoms with Crippen LogP contribution in [0.4, 0.5) is 11.4 Å². The molecule has 0 atom stereocenters. The summed E-state index contributed by atoms with van der Waals surface area (Å²) in [5.74, 6) is -0.298. The Bertz CT molecular complexity index is 734. The third-order valence-electron chi connectivity index (χ3n) is 2.84. The minimum absolute atomic E-state index is 0.00442. The van der Waals surface area contributed by atoms with Crippen molar-refractivity contribution in [2.75, 3.05) is 5.32 Å². The number of nitro groups is 1. The first kappa shape index (κ1) is 15.9. The van der Waals surface area contributed by atoms with Crippen molar-refractivity contribution in [3.8, 4) is 0 Å². The molecule has 2 aromatic rings. The Hall–Kier alpha value is -1.48. The van der Waals surface area contributed by atoms with Gasteiger partial charge in [-0.25, -0.2) is 0 Å². The van der Waals surface area contributed by atoms with E-state index in [1.54, 1.807) is 13.0 Å². The molecule has 1 N–H and O–H groups in total. The molecule has 0 bridgehead atoms. The van der Waals surface area contributed by atoms with E-state index in [4.69, 9.17) is 0 Å². The third kappa shape index (κ3) is 3.79. The molecule has 0 heterocycles. The Kier molecular flexibility index (Phi) is 4.94. The maximum atomic E-state index is 12.2. The van der Waals surface area contributed by atoms with Crippen molar-refractivity contribution in [3.05, 3.63) is 65.7 Å². The molecule has 108 valence electrons. The molecule has 0 aliphatic carbocycles. The molecule has 0 aliphatic rings. The third-order valence-corrected chi connectivity index (χ3v) is 4.22. The fourth-order valence-electron chi connectivity index (χ4n) is 1.79. The number of nitro benzene ring substituents is 1. The quantitative estimate of drug-likeness (QED) is 0.415. The predicted molar refractivity (Wildman–Crippen MR) is 92.6 cm³/mol. The van der Waals surface area contributed by atoms with Gasteiger partial charge in [-0.3, -0.25) is 14.9 Å². The van der Waals surface area contributed by atoms with Crippen molar-refractivity contribution in [3.63, 3.8) is 0 Å². The maximum absolute atomic E-state index is 12.2. The summed E-state index contributed by atoms with van der Waals surface area (Å²) >= 11 is 5.48.